The van der Waals surface area contributed by atoms with E-state index in [2.05, 4.69) is 17.3 Å². The summed E-state index contributed by atoms with van der Waals surface area (Å²) in [6, 6.07) is 4.85. The molecule has 5 nitrogen and oxygen atoms in total. The predicted molar refractivity (Wildman–Crippen MR) is 76.5 cm³/mol. The molecule has 1 fully saturated rings. The van der Waals surface area contributed by atoms with Crippen LogP contribution in [0.15, 0.2) is 18.2 Å². The number of aromatic carboxylic acids is 1. The van der Waals surface area contributed by atoms with Gasteiger partial charge in [0.2, 0.25) is 0 Å². The van der Waals surface area contributed by atoms with Crippen molar-refractivity contribution in [3.05, 3.63) is 23.8 Å². The quantitative estimate of drug-likeness (QED) is 0.721. The third kappa shape index (κ3) is 3.61. The van der Waals surface area contributed by atoms with Crippen LogP contribution in [0.5, 0.6) is 0 Å². The molecule has 4 N–H and O–H groups in total. The summed E-state index contributed by atoms with van der Waals surface area (Å²) in [5, 5.41) is 12.4. The molecule has 1 aliphatic rings. The van der Waals surface area contributed by atoms with E-state index in [-0.39, 0.29) is 5.56 Å². The third-order valence-electron chi connectivity index (χ3n) is 3.58. The number of piperidine rings is 1. The summed E-state index contributed by atoms with van der Waals surface area (Å²) in [6.45, 7) is 2.99. The number of rotatable bonds is 4. The fourth-order valence-corrected chi connectivity index (χ4v) is 2.59. The minimum Gasteiger partial charge on any atom is -0.478 e. The molecule has 1 atom stereocenters. The van der Waals surface area contributed by atoms with E-state index in [0.29, 0.717) is 17.3 Å². The topological polar surface area (TPSA) is 78.6 Å². The number of hydrogen-bond donors (Lipinski definition) is 3. The van der Waals surface area contributed by atoms with Crippen molar-refractivity contribution >= 4 is 17.3 Å². The van der Waals surface area contributed by atoms with Crippen LogP contribution in [0.1, 0.15) is 23.2 Å². The molecule has 0 amide bonds. The Morgan fingerprint density at radius 1 is 1.58 bits per heavy atom. The first-order valence-electron chi connectivity index (χ1n) is 6.61. The van der Waals surface area contributed by atoms with E-state index in [9.17, 15) is 4.79 Å². The molecule has 2 rings (SSSR count). The number of nitrogens with two attached hydrogens (primary N) is 1. The Bertz CT molecular complexity index is 462. The van der Waals surface area contributed by atoms with Crippen molar-refractivity contribution in [2.75, 3.05) is 37.7 Å². The van der Waals surface area contributed by atoms with Gasteiger partial charge in [-0.2, -0.15) is 0 Å². The zero-order valence-corrected chi connectivity index (χ0v) is 11.2. The summed E-state index contributed by atoms with van der Waals surface area (Å²) in [7, 11) is 2.12. The number of nitrogens with zero attached hydrogens (tertiary/aromatic N) is 1. The number of anilines is 2. The van der Waals surface area contributed by atoms with Gasteiger partial charge in [-0.25, -0.2) is 4.79 Å². The molecule has 0 saturated carbocycles. The van der Waals surface area contributed by atoms with Crippen molar-refractivity contribution < 1.29 is 9.90 Å². The number of carboxylic acids is 1. The summed E-state index contributed by atoms with van der Waals surface area (Å²) < 4.78 is 0. The van der Waals surface area contributed by atoms with Gasteiger partial charge >= 0.3 is 5.97 Å². The van der Waals surface area contributed by atoms with Crippen LogP contribution in [0.2, 0.25) is 0 Å². The maximum atomic E-state index is 11.1. The number of nitrogens with one attached hydrogen (secondary N) is 1. The van der Waals surface area contributed by atoms with Crippen molar-refractivity contribution in [3.8, 4) is 0 Å². The lowest BCUT2D eigenvalue weighted by Gasteiger charge is -2.30. The average molecular weight is 263 g/mol. The SMILES string of the molecule is CN1CCCC(CNc2cc(N)ccc2C(=O)O)C1. The van der Waals surface area contributed by atoms with Crippen LogP contribution in [0.3, 0.4) is 0 Å². The standard InChI is InChI=1S/C14H21N3O2/c1-17-6-2-3-10(9-17)8-16-13-7-11(15)4-5-12(13)14(18)19/h4-5,7,10,16H,2-3,6,8-9,15H2,1H3,(H,18,19). The Morgan fingerprint density at radius 3 is 3.05 bits per heavy atom. The molecule has 0 bridgehead atoms. The Kier molecular flexibility index (Phi) is 4.27. The molecular weight excluding hydrogens is 242 g/mol. The second-order valence-corrected chi connectivity index (χ2v) is 5.26. The highest BCUT2D eigenvalue weighted by molar-refractivity contribution is 5.95. The van der Waals surface area contributed by atoms with Gasteiger partial charge < -0.3 is 21.1 Å². The highest BCUT2D eigenvalue weighted by Gasteiger charge is 2.18. The minimum atomic E-state index is -0.928. The molecule has 1 aromatic rings. The number of hydrogen-bond acceptors (Lipinski definition) is 4. The average Bonchev–Trinajstić information content (AvgIpc) is 2.36. The normalized spacial score (nSPS) is 20.2. The van der Waals surface area contributed by atoms with E-state index in [0.717, 1.165) is 19.6 Å². The highest BCUT2D eigenvalue weighted by atomic mass is 16.4. The van der Waals surface area contributed by atoms with Crippen LogP contribution < -0.4 is 11.1 Å². The molecule has 1 unspecified atom stereocenters. The van der Waals surface area contributed by atoms with E-state index in [4.69, 9.17) is 10.8 Å². The molecule has 0 spiro atoms. The molecule has 1 aliphatic heterocycles. The minimum absolute atomic E-state index is 0.276. The molecule has 1 aromatic carbocycles. The van der Waals surface area contributed by atoms with Gasteiger partial charge in [-0.1, -0.05) is 0 Å². The molecule has 1 heterocycles. The lowest BCUT2D eigenvalue weighted by atomic mass is 9.98. The Labute approximate surface area is 113 Å². The molecule has 19 heavy (non-hydrogen) atoms. The smallest absolute Gasteiger partial charge is 0.337 e. The largest absolute Gasteiger partial charge is 0.478 e. The summed E-state index contributed by atoms with van der Waals surface area (Å²) in [6.07, 6.45) is 2.38. The van der Waals surface area contributed by atoms with Crippen LogP contribution in [-0.4, -0.2) is 42.7 Å². The molecular formula is C14H21N3O2. The second kappa shape index (κ2) is 5.93. The van der Waals surface area contributed by atoms with Gasteiger partial charge in [0.1, 0.15) is 0 Å². The lowest BCUT2D eigenvalue weighted by Crippen LogP contribution is -2.35. The van der Waals surface area contributed by atoms with Gasteiger partial charge in [-0.3, -0.25) is 0 Å². The van der Waals surface area contributed by atoms with E-state index in [1.807, 2.05) is 0 Å². The highest BCUT2D eigenvalue weighted by Crippen LogP contribution is 2.21. The van der Waals surface area contributed by atoms with Crippen LogP contribution in [-0.2, 0) is 0 Å². The number of nitrogen functional groups attached to an aromatic ring is 1. The van der Waals surface area contributed by atoms with Crippen LogP contribution >= 0.6 is 0 Å². The van der Waals surface area contributed by atoms with Crippen molar-refractivity contribution in [1.82, 2.24) is 4.90 Å². The fraction of sp³-hybridized carbons (Fsp3) is 0.500. The van der Waals surface area contributed by atoms with Crippen molar-refractivity contribution in [2.24, 2.45) is 5.92 Å². The molecule has 104 valence electrons. The number of carboxylic acid groups (broad SMARTS) is 1. The van der Waals surface area contributed by atoms with Crippen molar-refractivity contribution in [1.29, 1.82) is 0 Å². The Hall–Kier alpha value is -1.75. The number of carbonyl (C=O) groups is 1. The van der Waals surface area contributed by atoms with Gasteiger partial charge in [-0.15, -0.1) is 0 Å². The molecule has 5 heteroatoms. The molecule has 1 saturated heterocycles. The zero-order chi connectivity index (χ0) is 13.8. The molecule has 0 aliphatic carbocycles. The van der Waals surface area contributed by atoms with E-state index < -0.39 is 5.97 Å². The number of likely N-dealkylation sites (tertiary alicyclic amines) is 1. The monoisotopic (exact) mass is 263 g/mol. The summed E-state index contributed by atoms with van der Waals surface area (Å²) >= 11 is 0. The van der Waals surface area contributed by atoms with Gasteiger partial charge in [-0.05, 0) is 50.6 Å². The lowest BCUT2D eigenvalue weighted by molar-refractivity contribution is 0.0698. The summed E-state index contributed by atoms with van der Waals surface area (Å²) in [4.78, 5) is 13.5. The first kappa shape index (κ1) is 13.7. The Morgan fingerprint density at radius 2 is 2.37 bits per heavy atom. The van der Waals surface area contributed by atoms with Gasteiger partial charge in [0.05, 0.1) is 11.3 Å². The van der Waals surface area contributed by atoms with Crippen molar-refractivity contribution in [3.63, 3.8) is 0 Å². The van der Waals surface area contributed by atoms with E-state index in [1.54, 1.807) is 18.2 Å². The van der Waals surface area contributed by atoms with Crippen LogP contribution in [0.4, 0.5) is 11.4 Å². The summed E-state index contributed by atoms with van der Waals surface area (Å²) in [5.74, 6) is -0.370. The number of benzene rings is 1. The predicted octanol–water partition coefficient (Wildman–Crippen LogP) is 1.72. The summed E-state index contributed by atoms with van der Waals surface area (Å²) in [5.41, 5.74) is 7.18. The second-order valence-electron chi connectivity index (χ2n) is 5.26. The van der Waals surface area contributed by atoms with Crippen LogP contribution in [0, 0.1) is 5.92 Å². The van der Waals surface area contributed by atoms with Crippen molar-refractivity contribution in [2.45, 2.75) is 12.8 Å². The molecule has 0 aromatic heterocycles. The Balaban J connectivity index is 2.02. The first-order chi connectivity index (χ1) is 9.06. The van der Waals surface area contributed by atoms with Gasteiger partial charge in [0.25, 0.3) is 0 Å². The third-order valence-corrected chi connectivity index (χ3v) is 3.58. The maximum Gasteiger partial charge on any atom is 0.337 e. The maximum absolute atomic E-state index is 11.1. The zero-order valence-electron chi connectivity index (χ0n) is 11.2. The first-order valence-corrected chi connectivity index (χ1v) is 6.61. The molecule has 0 radical (unpaired) electrons. The van der Waals surface area contributed by atoms with E-state index in [1.165, 1.54) is 12.8 Å². The van der Waals surface area contributed by atoms with Gasteiger partial charge in [0, 0.05) is 18.8 Å². The fourth-order valence-electron chi connectivity index (χ4n) is 2.59. The van der Waals surface area contributed by atoms with Crippen LogP contribution in [0.25, 0.3) is 0 Å². The van der Waals surface area contributed by atoms with E-state index >= 15 is 0 Å². The van der Waals surface area contributed by atoms with Gasteiger partial charge in [0.15, 0.2) is 0 Å².